The number of hydrogen-bond acceptors (Lipinski definition) is 4. The Morgan fingerprint density at radius 2 is 1.71 bits per heavy atom. The van der Waals surface area contributed by atoms with Gasteiger partial charge in [-0.3, -0.25) is 13.9 Å². The van der Waals surface area contributed by atoms with Crippen molar-refractivity contribution < 1.29 is 18.0 Å². The van der Waals surface area contributed by atoms with Crippen LogP contribution in [0.15, 0.2) is 48.5 Å². The van der Waals surface area contributed by atoms with E-state index in [0.29, 0.717) is 29.1 Å². The zero-order chi connectivity index (χ0) is 26.2. The van der Waals surface area contributed by atoms with Gasteiger partial charge in [0.1, 0.15) is 12.6 Å². The van der Waals surface area contributed by atoms with E-state index in [1.54, 1.807) is 25.1 Å². The summed E-state index contributed by atoms with van der Waals surface area (Å²) in [4.78, 5) is 28.2. The number of nitrogens with one attached hydrogen (secondary N) is 1. The zero-order valence-corrected chi connectivity index (χ0v) is 22.7. The van der Waals surface area contributed by atoms with Crippen LogP contribution in [0.3, 0.4) is 0 Å². The highest BCUT2D eigenvalue weighted by molar-refractivity contribution is 7.92. The van der Waals surface area contributed by atoms with Crippen LogP contribution in [0.5, 0.6) is 0 Å². The molecular formula is C26H36ClN3O4S. The molecule has 0 aliphatic heterocycles. The maximum absolute atomic E-state index is 13.6. The molecule has 1 N–H and O–H groups in total. The minimum atomic E-state index is -3.78. The number of nitrogens with zero attached hydrogens (tertiary/aromatic N) is 2. The predicted octanol–water partition coefficient (Wildman–Crippen LogP) is 4.18. The smallest absolute Gasteiger partial charge is 0.244 e. The Kier molecular flexibility index (Phi) is 10.6. The van der Waals surface area contributed by atoms with Gasteiger partial charge in [-0.25, -0.2) is 8.42 Å². The molecule has 0 heterocycles. The van der Waals surface area contributed by atoms with Crippen molar-refractivity contribution in [1.82, 2.24) is 10.2 Å². The van der Waals surface area contributed by atoms with Crippen LogP contribution in [0.4, 0.5) is 5.69 Å². The molecular weight excluding hydrogens is 486 g/mol. The number of hydrogen-bond donors (Lipinski definition) is 1. The molecule has 35 heavy (non-hydrogen) atoms. The maximum Gasteiger partial charge on any atom is 0.244 e. The maximum atomic E-state index is 13.6. The topological polar surface area (TPSA) is 86.8 Å². The molecule has 0 fully saturated rings. The van der Waals surface area contributed by atoms with Gasteiger partial charge in [0, 0.05) is 17.6 Å². The quantitative estimate of drug-likeness (QED) is 0.454. The minimum Gasteiger partial charge on any atom is -0.352 e. The molecule has 2 aromatic rings. The molecule has 0 spiro atoms. The first-order valence-corrected chi connectivity index (χ1v) is 14.1. The lowest BCUT2D eigenvalue weighted by atomic mass is 10.1. The minimum absolute atomic E-state index is 0.0353. The van der Waals surface area contributed by atoms with E-state index >= 15 is 0 Å². The van der Waals surface area contributed by atoms with Crippen molar-refractivity contribution in [2.75, 3.05) is 23.7 Å². The summed E-state index contributed by atoms with van der Waals surface area (Å²) in [6, 6.07) is 13.8. The molecule has 0 saturated carbocycles. The highest BCUT2D eigenvalue weighted by Crippen LogP contribution is 2.26. The van der Waals surface area contributed by atoms with E-state index in [0.717, 1.165) is 22.5 Å². The number of halogens is 1. The summed E-state index contributed by atoms with van der Waals surface area (Å²) in [5, 5.41) is 3.44. The van der Waals surface area contributed by atoms with Gasteiger partial charge in [-0.15, -0.1) is 0 Å². The molecule has 0 aromatic heterocycles. The van der Waals surface area contributed by atoms with E-state index in [9.17, 15) is 18.0 Å². The normalized spacial score (nSPS) is 13.1. The number of aryl methyl sites for hydroxylation is 1. The third-order valence-corrected chi connectivity index (χ3v) is 7.34. The molecule has 2 aromatic carbocycles. The molecule has 192 valence electrons. The Morgan fingerprint density at radius 1 is 1.06 bits per heavy atom. The number of benzene rings is 2. The number of rotatable bonds is 12. The Labute approximate surface area is 214 Å². The number of carbonyl (C=O) groups is 2. The van der Waals surface area contributed by atoms with Gasteiger partial charge in [-0.1, -0.05) is 55.8 Å². The van der Waals surface area contributed by atoms with Crippen LogP contribution in [-0.2, 0) is 26.0 Å². The monoisotopic (exact) mass is 521 g/mol. The fourth-order valence-electron chi connectivity index (χ4n) is 3.83. The molecule has 2 rings (SSSR count). The second-order valence-corrected chi connectivity index (χ2v) is 11.1. The van der Waals surface area contributed by atoms with Crippen LogP contribution in [0.1, 0.15) is 44.7 Å². The number of amides is 2. The van der Waals surface area contributed by atoms with Crippen LogP contribution in [-0.4, -0.2) is 56.6 Å². The zero-order valence-electron chi connectivity index (χ0n) is 21.1. The molecule has 0 radical (unpaired) electrons. The van der Waals surface area contributed by atoms with Crippen LogP contribution in [0, 0.1) is 6.92 Å². The summed E-state index contributed by atoms with van der Waals surface area (Å²) in [6.07, 6.45) is 2.77. The lowest BCUT2D eigenvalue weighted by Crippen LogP contribution is -2.54. The third-order valence-electron chi connectivity index (χ3n) is 5.98. The molecule has 0 saturated heterocycles. The van der Waals surface area contributed by atoms with E-state index in [1.165, 1.54) is 4.90 Å². The standard InChI is InChI=1S/C26H36ClN3O4S/c1-6-20(4)28-26(32)23(7-2)29(16-15-21-11-9-8-10-12-21)25(31)18-30(35(5,33)34)24-14-13-22(27)17-19(24)3/h8-14,17,20,23H,6-7,15-16,18H2,1-5H3,(H,28,32)/t20-,23-/m0/s1. The molecule has 0 aliphatic carbocycles. The van der Waals surface area contributed by atoms with Crippen molar-refractivity contribution in [3.05, 3.63) is 64.7 Å². The van der Waals surface area contributed by atoms with E-state index in [1.807, 2.05) is 51.1 Å². The van der Waals surface area contributed by atoms with E-state index in [2.05, 4.69) is 5.32 Å². The predicted molar refractivity (Wildman–Crippen MR) is 142 cm³/mol. The Morgan fingerprint density at radius 3 is 2.26 bits per heavy atom. The Bertz CT molecular complexity index is 1110. The van der Waals surface area contributed by atoms with Crippen LogP contribution in [0.25, 0.3) is 0 Å². The SMILES string of the molecule is CC[C@H](C)NC(=O)[C@H](CC)N(CCc1ccccc1)C(=O)CN(c1ccc(Cl)cc1C)S(C)(=O)=O. The highest BCUT2D eigenvalue weighted by atomic mass is 35.5. The van der Waals surface area contributed by atoms with Gasteiger partial charge in [0.2, 0.25) is 21.8 Å². The van der Waals surface area contributed by atoms with Crippen molar-refractivity contribution in [1.29, 1.82) is 0 Å². The van der Waals surface area contributed by atoms with E-state index in [4.69, 9.17) is 11.6 Å². The molecule has 2 atom stereocenters. The number of carbonyl (C=O) groups excluding carboxylic acids is 2. The Balaban J connectivity index is 2.39. The summed E-state index contributed by atoms with van der Waals surface area (Å²) in [7, 11) is -3.78. The lowest BCUT2D eigenvalue weighted by Gasteiger charge is -2.33. The van der Waals surface area contributed by atoms with E-state index in [-0.39, 0.29) is 18.5 Å². The molecule has 0 unspecified atom stereocenters. The fourth-order valence-corrected chi connectivity index (χ4v) is 4.96. The summed E-state index contributed by atoms with van der Waals surface area (Å²) in [5.41, 5.74) is 2.04. The van der Waals surface area contributed by atoms with Gasteiger partial charge in [-0.2, -0.15) is 0 Å². The highest BCUT2D eigenvalue weighted by Gasteiger charge is 2.32. The van der Waals surface area contributed by atoms with Crippen molar-refractivity contribution in [3.63, 3.8) is 0 Å². The van der Waals surface area contributed by atoms with Gasteiger partial charge < -0.3 is 10.2 Å². The molecule has 9 heteroatoms. The third kappa shape index (κ3) is 8.25. The number of sulfonamides is 1. The van der Waals surface area contributed by atoms with Crippen LogP contribution < -0.4 is 9.62 Å². The lowest BCUT2D eigenvalue weighted by molar-refractivity contribution is -0.139. The van der Waals surface area contributed by atoms with Crippen molar-refractivity contribution >= 4 is 39.1 Å². The molecule has 0 aliphatic rings. The van der Waals surface area contributed by atoms with Crippen molar-refractivity contribution in [2.45, 2.75) is 59.0 Å². The van der Waals surface area contributed by atoms with Gasteiger partial charge >= 0.3 is 0 Å². The summed E-state index contributed by atoms with van der Waals surface area (Å²) in [5.74, 6) is -0.677. The average Bonchev–Trinajstić information content (AvgIpc) is 2.80. The van der Waals surface area contributed by atoms with Gasteiger partial charge in [0.15, 0.2) is 0 Å². The van der Waals surface area contributed by atoms with Crippen molar-refractivity contribution in [3.8, 4) is 0 Å². The van der Waals surface area contributed by atoms with Gasteiger partial charge in [-0.05, 0) is 62.4 Å². The molecule has 0 bridgehead atoms. The summed E-state index contributed by atoms with van der Waals surface area (Å²) >= 11 is 6.05. The summed E-state index contributed by atoms with van der Waals surface area (Å²) < 4.78 is 26.5. The molecule has 7 nitrogen and oxygen atoms in total. The second kappa shape index (κ2) is 12.9. The first-order valence-electron chi connectivity index (χ1n) is 11.9. The van der Waals surface area contributed by atoms with Gasteiger partial charge in [0.25, 0.3) is 0 Å². The average molecular weight is 522 g/mol. The first-order chi connectivity index (χ1) is 16.5. The van der Waals surface area contributed by atoms with E-state index < -0.39 is 28.5 Å². The first kappa shape index (κ1) is 28.7. The summed E-state index contributed by atoms with van der Waals surface area (Å²) in [6.45, 7) is 7.35. The Hall–Kier alpha value is -2.58. The molecule has 2 amide bonds. The largest absolute Gasteiger partial charge is 0.352 e. The fraction of sp³-hybridized carbons (Fsp3) is 0.462. The van der Waals surface area contributed by atoms with Crippen LogP contribution in [0.2, 0.25) is 5.02 Å². The van der Waals surface area contributed by atoms with Crippen LogP contribution >= 0.6 is 11.6 Å². The second-order valence-electron chi connectivity index (χ2n) is 8.77. The van der Waals surface area contributed by atoms with Crippen molar-refractivity contribution in [2.24, 2.45) is 0 Å². The van der Waals surface area contributed by atoms with Gasteiger partial charge in [0.05, 0.1) is 11.9 Å². The number of anilines is 1.